The fourth-order valence-corrected chi connectivity index (χ4v) is 3.16. The van der Waals surface area contributed by atoms with Crippen molar-refractivity contribution < 1.29 is 5.11 Å². The van der Waals surface area contributed by atoms with Crippen LogP contribution in [-0.4, -0.2) is 35.2 Å². The molecule has 2 heterocycles. The third kappa shape index (κ3) is 1.75. The first-order valence-corrected chi connectivity index (χ1v) is 5.71. The van der Waals surface area contributed by atoms with Crippen LogP contribution in [0.25, 0.3) is 0 Å². The summed E-state index contributed by atoms with van der Waals surface area (Å²) in [6.07, 6.45) is 6.51. The molecule has 2 heteroatoms. The van der Waals surface area contributed by atoms with Crippen LogP contribution in [0.2, 0.25) is 0 Å². The zero-order valence-corrected chi connectivity index (χ0v) is 8.58. The Morgan fingerprint density at radius 3 is 2.31 bits per heavy atom. The number of nitrogens with zero attached hydrogens (tertiary/aromatic N) is 1. The van der Waals surface area contributed by atoms with E-state index in [0.717, 1.165) is 12.1 Å². The predicted molar refractivity (Wildman–Crippen MR) is 53.6 cm³/mol. The van der Waals surface area contributed by atoms with Crippen LogP contribution in [0.15, 0.2) is 0 Å². The Hall–Kier alpha value is -0.0800. The predicted octanol–water partition coefficient (Wildman–Crippen LogP) is 1.63. The lowest BCUT2D eigenvalue weighted by Gasteiger charge is -2.38. The molecular weight excluding hydrogens is 162 g/mol. The molecule has 2 aliphatic heterocycles. The Labute approximate surface area is 80.9 Å². The van der Waals surface area contributed by atoms with Crippen molar-refractivity contribution in [3.05, 3.63) is 0 Å². The van der Waals surface area contributed by atoms with E-state index in [1.54, 1.807) is 0 Å². The average molecular weight is 183 g/mol. The van der Waals surface area contributed by atoms with Crippen LogP contribution < -0.4 is 0 Å². The molecule has 2 rings (SSSR count). The third-order valence-corrected chi connectivity index (χ3v) is 3.72. The number of hydrogen-bond donors (Lipinski definition) is 1. The Balaban J connectivity index is 1.96. The molecule has 0 aromatic heterocycles. The van der Waals surface area contributed by atoms with Crippen LogP contribution >= 0.6 is 0 Å². The van der Waals surface area contributed by atoms with Crippen LogP contribution in [0.4, 0.5) is 0 Å². The summed E-state index contributed by atoms with van der Waals surface area (Å²) in [6.45, 7) is 3.94. The lowest BCUT2D eigenvalue weighted by atomic mass is 9.91. The summed E-state index contributed by atoms with van der Waals surface area (Å²) in [5.41, 5.74) is 0. The SMILES string of the molecule is CCCN1[C@@H]2CC[C@@H]1CC(CO)C2. The minimum Gasteiger partial charge on any atom is -0.396 e. The molecule has 2 atom stereocenters. The standard InChI is InChI=1S/C11H21NO/c1-2-5-12-10-3-4-11(12)7-9(6-10)8-13/h9-11,13H,2-8H2,1H3/t10-,11-/m1/s1. The van der Waals surface area contributed by atoms with Gasteiger partial charge in [0.05, 0.1) is 0 Å². The molecule has 13 heavy (non-hydrogen) atoms. The van der Waals surface area contributed by atoms with E-state index in [2.05, 4.69) is 11.8 Å². The van der Waals surface area contributed by atoms with Crippen molar-refractivity contribution in [2.45, 2.75) is 51.1 Å². The maximum absolute atomic E-state index is 9.15. The van der Waals surface area contributed by atoms with Crippen molar-refractivity contribution in [1.82, 2.24) is 4.90 Å². The number of hydrogen-bond acceptors (Lipinski definition) is 2. The van der Waals surface area contributed by atoms with Gasteiger partial charge in [-0.15, -0.1) is 0 Å². The van der Waals surface area contributed by atoms with E-state index >= 15 is 0 Å². The monoisotopic (exact) mass is 183 g/mol. The number of aliphatic hydroxyl groups excluding tert-OH is 1. The van der Waals surface area contributed by atoms with E-state index in [-0.39, 0.29) is 0 Å². The maximum atomic E-state index is 9.15. The Kier molecular flexibility index (Phi) is 2.89. The van der Waals surface area contributed by atoms with Gasteiger partial charge in [-0.3, -0.25) is 4.90 Å². The van der Waals surface area contributed by atoms with E-state index in [0.29, 0.717) is 12.5 Å². The Bertz CT molecular complexity index is 157. The second-order valence-electron chi connectivity index (χ2n) is 4.64. The topological polar surface area (TPSA) is 23.5 Å². The number of piperidine rings is 1. The minimum absolute atomic E-state index is 0.410. The Morgan fingerprint density at radius 2 is 1.85 bits per heavy atom. The second kappa shape index (κ2) is 3.97. The second-order valence-corrected chi connectivity index (χ2v) is 4.64. The molecular formula is C11H21NO. The molecule has 0 saturated carbocycles. The summed E-state index contributed by atoms with van der Waals surface area (Å²) in [7, 11) is 0. The molecule has 0 aromatic carbocycles. The molecule has 2 saturated heterocycles. The van der Waals surface area contributed by atoms with Crippen molar-refractivity contribution in [3.8, 4) is 0 Å². The van der Waals surface area contributed by atoms with E-state index in [9.17, 15) is 0 Å². The number of fused-ring (bicyclic) bond motifs is 2. The highest BCUT2D eigenvalue weighted by Gasteiger charge is 2.39. The zero-order valence-electron chi connectivity index (χ0n) is 8.58. The molecule has 0 aromatic rings. The molecule has 0 radical (unpaired) electrons. The van der Waals surface area contributed by atoms with Crippen molar-refractivity contribution in [3.63, 3.8) is 0 Å². The van der Waals surface area contributed by atoms with Gasteiger partial charge in [-0.2, -0.15) is 0 Å². The molecule has 0 unspecified atom stereocenters. The highest BCUT2D eigenvalue weighted by atomic mass is 16.3. The minimum atomic E-state index is 0.410. The van der Waals surface area contributed by atoms with Crippen LogP contribution in [0.1, 0.15) is 39.0 Å². The molecule has 2 nitrogen and oxygen atoms in total. The van der Waals surface area contributed by atoms with Gasteiger partial charge in [0.2, 0.25) is 0 Å². The molecule has 0 aliphatic carbocycles. The van der Waals surface area contributed by atoms with Crippen LogP contribution in [-0.2, 0) is 0 Å². The summed E-state index contributed by atoms with van der Waals surface area (Å²) < 4.78 is 0. The lowest BCUT2D eigenvalue weighted by Crippen LogP contribution is -2.43. The van der Waals surface area contributed by atoms with Gasteiger partial charge >= 0.3 is 0 Å². The molecule has 2 bridgehead atoms. The maximum Gasteiger partial charge on any atom is 0.0460 e. The van der Waals surface area contributed by atoms with Gasteiger partial charge in [0.1, 0.15) is 0 Å². The first-order valence-electron chi connectivity index (χ1n) is 5.71. The molecule has 0 amide bonds. The largest absolute Gasteiger partial charge is 0.396 e. The fraction of sp³-hybridized carbons (Fsp3) is 1.00. The van der Waals surface area contributed by atoms with E-state index in [4.69, 9.17) is 5.11 Å². The van der Waals surface area contributed by atoms with E-state index in [1.165, 1.54) is 38.6 Å². The third-order valence-electron chi connectivity index (χ3n) is 3.72. The van der Waals surface area contributed by atoms with Gasteiger partial charge in [-0.25, -0.2) is 0 Å². The van der Waals surface area contributed by atoms with Gasteiger partial charge in [-0.1, -0.05) is 6.92 Å². The highest BCUT2D eigenvalue weighted by molar-refractivity contribution is 4.94. The molecule has 0 spiro atoms. The van der Waals surface area contributed by atoms with Gasteiger partial charge in [-0.05, 0) is 44.6 Å². The van der Waals surface area contributed by atoms with Crippen molar-refractivity contribution in [1.29, 1.82) is 0 Å². The first kappa shape index (κ1) is 9.47. The lowest BCUT2D eigenvalue weighted by molar-refractivity contribution is 0.0742. The smallest absolute Gasteiger partial charge is 0.0460 e. The summed E-state index contributed by atoms with van der Waals surface area (Å²) >= 11 is 0. The zero-order chi connectivity index (χ0) is 9.26. The van der Waals surface area contributed by atoms with Crippen LogP contribution in [0, 0.1) is 5.92 Å². The number of rotatable bonds is 3. The first-order chi connectivity index (χ1) is 6.35. The molecule has 2 aliphatic rings. The van der Waals surface area contributed by atoms with E-state index < -0.39 is 0 Å². The van der Waals surface area contributed by atoms with Gasteiger partial charge in [0.25, 0.3) is 0 Å². The normalized spacial score (nSPS) is 39.7. The van der Waals surface area contributed by atoms with Gasteiger partial charge < -0.3 is 5.11 Å². The summed E-state index contributed by atoms with van der Waals surface area (Å²) in [6, 6.07) is 1.60. The molecule has 76 valence electrons. The van der Waals surface area contributed by atoms with Crippen molar-refractivity contribution >= 4 is 0 Å². The fourth-order valence-electron chi connectivity index (χ4n) is 3.16. The molecule has 2 fully saturated rings. The number of aliphatic hydroxyl groups is 1. The van der Waals surface area contributed by atoms with Crippen molar-refractivity contribution in [2.24, 2.45) is 5.92 Å². The van der Waals surface area contributed by atoms with Gasteiger partial charge in [0.15, 0.2) is 0 Å². The Morgan fingerprint density at radius 1 is 1.23 bits per heavy atom. The summed E-state index contributed by atoms with van der Waals surface area (Å²) in [4.78, 5) is 2.69. The quantitative estimate of drug-likeness (QED) is 0.719. The van der Waals surface area contributed by atoms with Crippen molar-refractivity contribution in [2.75, 3.05) is 13.2 Å². The summed E-state index contributed by atoms with van der Waals surface area (Å²) in [5.74, 6) is 0.602. The summed E-state index contributed by atoms with van der Waals surface area (Å²) in [5, 5.41) is 9.15. The molecule has 1 N–H and O–H groups in total. The van der Waals surface area contributed by atoms with E-state index in [1.807, 2.05) is 0 Å². The van der Waals surface area contributed by atoms with Crippen LogP contribution in [0.5, 0.6) is 0 Å². The highest BCUT2D eigenvalue weighted by Crippen LogP contribution is 2.38. The van der Waals surface area contributed by atoms with Crippen LogP contribution in [0.3, 0.4) is 0 Å². The average Bonchev–Trinajstić information content (AvgIpc) is 2.39. The van der Waals surface area contributed by atoms with Gasteiger partial charge in [0, 0.05) is 18.7 Å².